The number of aliphatic imine (C=N–C) groups is 1. The Hall–Kier alpha value is -1.72. The number of rotatable bonds is 7. The van der Waals surface area contributed by atoms with Gasteiger partial charge in [0.1, 0.15) is 0 Å². The highest BCUT2D eigenvalue weighted by Crippen LogP contribution is 2.25. The molecular weight excluding hydrogens is 406 g/mol. The number of nitrogens with zero attached hydrogens (tertiary/aromatic N) is 2. The maximum absolute atomic E-state index is 5.69. The lowest BCUT2D eigenvalue weighted by atomic mass is 10.0. The maximum Gasteiger partial charge on any atom is 0.0909 e. The Balaban J connectivity index is 2.13. The van der Waals surface area contributed by atoms with Crippen LogP contribution in [0.1, 0.15) is 29.2 Å². The lowest BCUT2D eigenvalue weighted by molar-refractivity contribution is 0.552. The third kappa shape index (κ3) is 5.39. The van der Waals surface area contributed by atoms with E-state index >= 15 is 0 Å². The highest BCUT2D eigenvalue weighted by Gasteiger charge is 2.09. The van der Waals surface area contributed by atoms with Crippen LogP contribution in [0.2, 0.25) is 0 Å². The molecule has 0 unspecified atom stereocenters. The Labute approximate surface area is 170 Å². The molecule has 0 radical (unpaired) electrons. The molecule has 0 bridgehead atoms. The second-order valence-electron chi connectivity index (χ2n) is 6.51. The molecule has 0 saturated heterocycles. The smallest absolute Gasteiger partial charge is 0.0909 e. The van der Waals surface area contributed by atoms with Crippen LogP contribution in [0.5, 0.6) is 0 Å². The predicted octanol–water partition coefficient (Wildman–Crippen LogP) is 5.82. The van der Waals surface area contributed by atoms with E-state index in [9.17, 15) is 0 Å². The molecule has 2 rings (SSSR count). The van der Waals surface area contributed by atoms with Crippen molar-refractivity contribution in [1.82, 2.24) is 4.90 Å². The summed E-state index contributed by atoms with van der Waals surface area (Å²) >= 11 is 9.18. The van der Waals surface area contributed by atoms with Gasteiger partial charge in [-0.2, -0.15) is 0 Å². The summed E-state index contributed by atoms with van der Waals surface area (Å²) in [5.74, 6) is 0. The standard InChI is InChI=1S/C21H26BrN3S/c1-6-25(5)13-24-20-11-14(2)18(10-16(20)4)21(26)12-23-19-8-7-17(22)9-15(19)3/h7-11,13,23H,6,12H2,1-5H3. The number of nitrogens with one attached hydrogen (secondary N) is 1. The van der Waals surface area contributed by atoms with Gasteiger partial charge in [-0.25, -0.2) is 4.99 Å². The van der Waals surface area contributed by atoms with Gasteiger partial charge in [0.05, 0.1) is 18.6 Å². The molecule has 2 aromatic rings. The van der Waals surface area contributed by atoms with Gasteiger partial charge in [0.2, 0.25) is 0 Å². The fourth-order valence-electron chi connectivity index (χ4n) is 2.58. The largest absolute Gasteiger partial charge is 0.380 e. The quantitative estimate of drug-likeness (QED) is 0.259. The molecule has 0 amide bonds. The van der Waals surface area contributed by atoms with Crippen molar-refractivity contribution < 1.29 is 0 Å². The summed E-state index contributed by atoms with van der Waals surface area (Å²) in [7, 11) is 2.02. The normalized spacial score (nSPS) is 11.0. The van der Waals surface area contributed by atoms with Crippen molar-refractivity contribution in [2.75, 3.05) is 25.5 Å². The lowest BCUT2D eigenvalue weighted by Crippen LogP contribution is -2.15. The van der Waals surface area contributed by atoms with Crippen LogP contribution in [0.4, 0.5) is 11.4 Å². The van der Waals surface area contributed by atoms with Gasteiger partial charge in [-0.1, -0.05) is 28.1 Å². The first kappa shape index (κ1) is 20.6. The van der Waals surface area contributed by atoms with Crippen molar-refractivity contribution in [3.63, 3.8) is 0 Å². The van der Waals surface area contributed by atoms with E-state index in [1.165, 1.54) is 5.56 Å². The summed E-state index contributed by atoms with van der Waals surface area (Å²) in [4.78, 5) is 7.55. The molecule has 0 heterocycles. The van der Waals surface area contributed by atoms with E-state index in [-0.39, 0.29) is 0 Å². The van der Waals surface area contributed by atoms with E-state index < -0.39 is 0 Å². The van der Waals surface area contributed by atoms with Gasteiger partial charge in [-0.05, 0) is 80.3 Å². The SMILES string of the molecule is CCN(C)C=Nc1cc(C)c(C(=S)CNc2ccc(Br)cc2C)cc1C. The average molecular weight is 432 g/mol. The highest BCUT2D eigenvalue weighted by atomic mass is 79.9. The molecule has 1 N–H and O–H groups in total. The van der Waals surface area contributed by atoms with E-state index in [1.54, 1.807) is 0 Å². The molecule has 0 fully saturated rings. The summed E-state index contributed by atoms with van der Waals surface area (Å²) in [5.41, 5.74) is 6.69. The first-order valence-electron chi connectivity index (χ1n) is 8.70. The van der Waals surface area contributed by atoms with Crippen LogP contribution in [0, 0.1) is 20.8 Å². The van der Waals surface area contributed by atoms with Crippen LogP contribution < -0.4 is 5.32 Å². The van der Waals surface area contributed by atoms with Crippen LogP contribution in [0.25, 0.3) is 0 Å². The topological polar surface area (TPSA) is 27.6 Å². The number of halogens is 1. The molecular formula is C21H26BrN3S. The summed E-state index contributed by atoms with van der Waals surface area (Å²) in [5, 5.41) is 3.45. The van der Waals surface area contributed by atoms with Crippen molar-refractivity contribution in [3.8, 4) is 0 Å². The minimum atomic E-state index is 0.638. The van der Waals surface area contributed by atoms with Gasteiger partial charge >= 0.3 is 0 Å². The summed E-state index contributed by atoms with van der Waals surface area (Å²) in [6, 6.07) is 10.5. The maximum atomic E-state index is 5.69. The van der Waals surface area contributed by atoms with Gasteiger partial charge < -0.3 is 10.2 Å². The Morgan fingerprint density at radius 3 is 2.54 bits per heavy atom. The molecule has 0 aliphatic rings. The Bertz CT molecular complexity index is 830. The van der Waals surface area contributed by atoms with Gasteiger partial charge in [0.25, 0.3) is 0 Å². The summed E-state index contributed by atoms with van der Waals surface area (Å²) in [6.45, 7) is 9.94. The first-order valence-corrected chi connectivity index (χ1v) is 9.90. The molecule has 138 valence electrons. The summed E-state index contributed by atoms with van der Waals surface area (Å²) in [6.07, 6.45) is 1.87. The predicted molar refractivity (Wildman–Crippen MR) is 121 cm³/mol. The van der Waals surface area contributed by atoms with Crippen LogP contribution in [0.15, 0.2) is 39.8 Å². The van der Waals surface area contributed by atoms with E-state index in [4.69, 9.17) is 12.2 Å². The Morgan fingerprint density at radius 1 is 1.15 bits per heavy atom. The first-order chi connectivity index (χ1) is 12.3. The van der Waals surface area contributed by atoms with E-state index in [0.29, 0.717) is 6.54 Å². The molecule has 26 heavy (non-hydrogen) atoms. The zero-order valence-electron chi connectivity index (χ0n) is 16.1. The van der Waals surface area contributed by atoms with Crippen LogP contribution in [0.3, 0.4) is 0 Å². The molecule has 0 spiro atoms. The number of thiocarbonyl (C=S) groups is 1. The molecule has 0 aliphatic heterocycles. The second kappa shape index (κ2) is 9.28. The van der Waals surface area contributed by atoms with Gasteiger partial charge in [-0.15, -0.1) is 0 Å². The summed E-state index contributed by atoms with van der Waals surface area (Å²) < 4.78 is 1.08. The molecule has 0 atom stereocenters. The van der Waals surface area contributed by atoms with Crippen molar-refractivity contribution in [2.45, 2.75) is 27.7 Å². The minimum absolute atomic E-state index is 0.638. The zero-order valence-corrected chi connectivity index (χ0v) is 18.5. The number of aryl methyl sites for hydroxylation is 3. The van der Waals surface area contributed by atoms with Gasteiger partial charge in [0, 0.05) is 28.6 Å². The molecule has 0 aliphatic carbocycles. The van der Waals surface area contributed by atoms with Crippen molar-refractivity contribution >= 4 is 50.7 Å². The fraction of sp³-hybridized carbons (Fsp3) is 0.333. The Kier molecular flexibility index (Phi) is 7.35. The fourth-order valence-corrected chi connectivity index (χ4v) is 3.35. The van der Waals surface area contributed by atoms with Crippen molar-refractivity contribution in [3.05, 3.63) is 57.1 Å². The molecule has 2 aromatic carbocycles. The van der Waals surface area contributed by atoms with Gasteiger partial charge in [-0.3, -0.25) is 0 Å². The molecule has 0 saturated carbocycles. The number of anilines is 1. The number of hydrogen-bond acceptors (Lipinski definition) is 3. The number of hydrogen-bond donors (Lipinski definition) is 1. The second-order valence-corrected chi connectivity index (χ2v) is 7.92. The monoisotopic (exact) mass is 431 g/mol. The van der Waals surface area contributed by atoms with Crippen molar-refractivity contribution in [2.24, 2.45) is 4.99 Å². The molecule has 3 nitrogen and oxygen atoms in total. The highest BCUT2D eigenvalue weighted by molar-refractivity contribution is 9.10. The third-order valence-corrected chi connectivity index (χ3v) is 5.22. The zero-order chi connectivity index (χ0) is 19.3. The van der Waals surface area contributed by atoms with Crippen LogP contribution in [-0.4, -0.2) is 36.2 Å². The van der Waals surface area contributed by atoms with E-state index in [1.807, 2.05) is 19.5 Å². The lowest BCUT2D eigenvalue weighted by Gasteiger charge is -2.14. The van der Waals surface area contributed by atoms with E-state index in [2.05, 4.69) is 83.1 Å². The van der Waals surface area contributed by atoms with Gasteiger partial charge in [0.15, 0.2) is 0 Å². The van der Waals surface area contributed by atoms with Crippen LogP contribution in [-0.2, 0) is 0 Å². The number of benzene rings is 2. The van der Waals surface area contributed by atoms with Crippen molar-refractivity contribution in [1.29, 1.82) is 0 Å². The third-order valence-electron chi connectivity index (χ3n) is 4.36. The Morgan fingerprint density at radius 2 is 1.88 bits per heavy atom. The average Bonchev–Trinajstić information content (AvgIpc) is 2.60. The molecule has 0 aromatic heterocycles. The van der Waals surface area contributed by atoms with E-state index in [0.717, 1.165) is 43.9 Å². The van der Waals surface area contributed by atoms with Crippen LogP contribution >= 0.6 is 28.1 Å². The minimum Gasteiger partial charge on any atom is -0.380 e. The molecule has 5 heteroatoms.